The quantitative estimate of drug-likeness (QED) is 0.430. The number of ether oxygens (including phenoxy) is 1. The van der Waals surface area contributed by atoms with E-state index in [-0.39, 0.29) is 18.8 Å². The topological polar surface area (TPSA) is 114 Å². The molecule has 4 rings (SSSR count). The highest BCUT2D eigenvalue weighted by Gasteiger charge is 2.42. The molecule has 2 aromatic carbocycles. The standard InChI is InChI=1S/C23H23N3O4/c1-23(12-20(24)28)21-16(15-9-5-6-10-17(15)25-21)11-18(26-23)22(29)30-13-19(27)14-7-3-2-4-8-14/h2-10,18,25-26H,11-13H2,1H3,(H2,24,28). The van der Waals surface area contributed by atoms with E-state index < -0.39 is 23.5 Å². The molecule has 154 valence electrons. The van der Waals surface area contributed by atoms with Gasteiger partial charge in [0, 0.05) is 35.0 Å². The number of amides is 1. The highest BCUT2D eigenvalue weighted by atomic mass is 16.5. The fraction of sp³-hybridized carbons (Fsp3) is 0.261. The Labute approximate surface area is 173 Å². The number of carbonyl (C=O) groups is 3. The first-order chi connectivity index (χ1) is 14.4. The summed E-state index contributed by atoms with van der Waals surface area (Å²) >= 11 is 0. The Morgan fingerprint density at radius 1 is 1.10 bits per heavy atom. The highest BCUT2D eigenvalue weighted by Crippen LogP contribution is 2.37. The Balaban J connectivity index is 1.58. The number of rotatable bonds is 6. The number of aromatic nitrogens is 1. The average Bonchev–Trinajstić information content (AvgIpc) is 3.11. The van der Waals surface area contributed by atoms with Crippen molar-refractivity contribution in [2.24, 2.45) is 5.73 Å². The summed E-state index contributed by atoms with van der Waals surface area (Å²) in [6.07, 6.45) is 0.394. The second kappa shape index (κ2) is 7.76. The van der Waals surface area contributed by atoms with Crippen molar-refractivity contribution in [2.45, 2.75) is 31.3 Å². The number of fused-ring (bicyclic) bond motifs is 3. The number of hydrogen-bond donors (Lipinski definition) is 3. The summed E-state index contributed by atoms with van der Waals surface area (Å²) in [7, 11) is 0. The van der Waals surface area contributed by atoms with Crippen LogP contribution in [0.1, 0.15) is 35.0 Å². The molecule has 1 aromatic heterocycles. The Morgan fingerprint density at radius 3 is 2.53 bits per heavy atom. The summed E-state index contributed by atoms with van der Waals surface area (Å²) in [5.74, 6) is -1.29. The van der Waals surface area contributed by atoms with Gasteiger partial charge in [0.25, 0.3) is 0 Å². The van der Waals surface area contributed by atoms with Crippen LogP contribution in [-0.4, -0.2) is 35.3 Å². The van der Waals surface area contributed by atoms with Crippen molar-refractivity contribution in [1.82, 2.24) is 10.3 Å². The number of aromatic amines is 1. The largest absolute Gasteiger partial charge is 0.456 e. The lowest BCUT2D eigenvalue weighted by Crippen LogP contribution is -2.56. The van der Waals surface area contributed by atoms with Gasteiger partial charge in [0.2, 0.25) is 5.91 Å². The zero-order chi connectivity index (χ0) is 21.3. The van der Waals surface area contributed by atoms with Gasteiger partial charge in [-0.1, -0.05) is 48.5 Å². The lowest BCUT2D eigenvalue weighted by Gasteiger charge is -2.38. The normalized spacial score (nSPS) is 20.5. The maximum absolute atomic E-state index is 12.8. The first-order valence-corrected chi connectivity index (χ1v) is 9.78. The Kier molecular flexibility index (Phi) is 5.13. The van der Waals surface area contributed by atoms with Crippen LogP contribution < -0.4 is 11.1 Å². The number of ketones is 1. The molecule has 3 aromatic rings. The summed E-state index contributed by atoms with van der Waals surface area (Å²) in [5.41, 5.74) is 7.83. The fourth-order valence-corrected chi connectivity index (χ4v) is 4.17. The van der Waals surface area contributed by atoms with Crippen molar-refractivity contribution in [3.8, 4) is 0 Å². The molecule has 0 bridgehead atoms. The van der Waals surface area contributed by atoms with Crippen LogP contribution in [0.3, 0.4) is 0 Å². The van der Waals surface area contributed by atoms with Gasteiger partial charge in [0.1, 0.15) is 6.04 Å². The molecular weight excluding hydrogens is 382 g/mol. The zero-order valence-corrected chi connectivity index (χ0v) is 16.6. The molecule has 0 saturated carbocycles. The molecule has 4 N–H and O–H groups in total. The third-order valence-electron chi connectivity index (χ3n) is 5.52. The van der Waals surface area contributed by atoms with Crippen LogP contribution in [0, 0.1) is 0 Å². The number of primary amides is 1. The maximum Gasteiger partial charge on any atom is 0.323 e. The van der Waals surface area contributed by atoms with Gasteiger partial charge in [0.05, 0.1) is 5.54 Å². The molecule has 1 aliphatic rings. The molecule has 2 atom stereocenters. The SMILES string of the molecule is CC1(CC(N)=O)NC(C(=O)OCC(=O)c2ccccc2)Cc2c1[nH]c1ccccc21. The minimum atomic E-state index is -0.856. The predicted molar refractivity (Wildman–Crippen MR) is 112 cm³/mol. The van der Waals surface area contributed by atoms with Gasteiger partial charge in [-0.05, 0) is 18.6 Å². The lowest BCUT2D eigenvalue weighted by atomic mass is 9.82. The molecule has 0 fully saturated rings. The summed E-state index contributed by atoms with van der Waals surface area (Å²) in [6, 6.07) is 15.7. The molecule has 7 heteroatoms. The molecule has 1 aliphatic heterocycles. The molecular formula is C23H23N3O4. The number of esters is 1. The van der Waals surface area contributed by atoms with Gasteiger partial charge in [-0.3, -0.25) is 19.7 Å². The number of nitrogens with one attached hydrogen (secondary N) is 2. The van der Waals surface area contributed by atoms with E-state index in [4.69, 9.17) is 10.5 Å². The predicted octanol–water partition coefficient (Wildman–Crippen LogP) is 2.20. The third-order valence-corrected chi connectivity index (χ3v) is 5.52. The summed E-state index contributed by atoms with van der Waals surface area (Å²) in [5, 5.41) is 4.21. The summed E-state index contributed by atoms with van der Waals surface area (Å²) < 4.78 is 5.32. The van der Waals surface area contributed by atoms with E-state index in [0.717, 1.165) is 22.2 Å². The molecule has 0 spiro atoms. The summed E-state index contributed by atoms with van der Waals surface area (Å²) in [6.45, 7) is 1.49. The van der Waals surface area contributed by atoms with Gasteiger partial charge < -0.3 is 15.5 Å². The van der Waals surface area contributed by atoms with Crippen LogP contribution in [0.25, 0.3) is 10.9 Å². The highest BCUT2D eigenvalue weighted by molar-refractivity contribution is 5.98. The van der Waals surface area contributed by atoms with Gasteiger partial charge in [0.15, 0.2) is 12.4 Å². The number of carbonyl (C=O) groups excluding carboxylic acids is 3. The molecule has 30 heavy (non-hydrogen) atoms. The third kappa shape index (κ3) is 3.71. The van der Waals surface area contributed by atoms with E-state index >= 15 is 0 Å². The van der Waals surface area contributed by atoms with E-state index in [1.165, 1.54) is 0 Å². The van der Waals surface area contributed by atoms with Crippen molar-refractivity contribution in [3.63, 3.8) is 0 Å². The molecule has 7 nitrogen and oxygen atoms in total. The van der Waals surface area contributed by atoms with Gasteiger partial charge in [-0.15, -0.1) is 0 Å². The van der Waals surface area contributed by atoms with Crippen LogP contribution in [-0.2, 0) is 26.3 Å². The van der Waals surface area contributed by atoms with Crippen molar-refractivity contribution >= 4 is 28.6 Å². The van der Waals surface area contributed by atoms with Crippen LogP contribution >= 0.6 is 0 Å². The molecule has 1 amide bonds. The maximum atomic E-state index is 12.8. The van der Waals surface area contributed by atoms with Crippen molar-refractivity contribution in [1.29, 1.82) is 0 Å². The van der Waals surface area contributed by atoms with Gasteiger partial charge in [-0.2, -0.15) is 0 Å². The minimum absolute atomic E-state index is 0.0134. The lowest BCUT2D eigenvalue weighted by molar-refractivity contribution is -0.146. The van der Waals surface area contributed by atoms with E-state index in [1.807, 2.05) is 37.3 Å². The Bertz CT molecular complexity index is 1120. The van der Waals surface area contributed by atoms with E-state index in [2.05, 4.69) is 10.3 Å². The van der Waals surface area contributed by atoms with Crippen molar-refractivity contribution in [2.75, 3.05) is 6.61 Å². The number of Topliss-reactive ketones (excluding diaryl/α,β-unsaturated/α-hetero) is 1. The molecule has 2 heterocycles. The summed E-state index contributed by atoms with van der Waals surface area (Å²) in [4.78, 5) is 40.2. The smallest absolute Gasteiger partial charge is 0.323 e. The van der Waals surface area contributed by atoms with Crippen LogP contribution in [0.2, 0.25) is 0 Å². The molecule has 0 saturated heterocycles. The number of para-hydroxylation sites is 1. The second-order valence-electron chi connectivity index (χ2n) is 7.80. The zero-order valence-electron chi connectivity index (χ0n) is 16.6. The van der Waals surface area contributed by atoms with Gasteiger partial charge >= 0.3 is 5.97 Å². The molecule has 0 radical (unpaired) electrons. The number of benzene rings is 2. The first-order valence-electron chi connectivity index (χ1n) is 9.78. The second-order valence-corrected chi connectivity index (χ2v) is 7.80. The number of hydrogen-bond acceptors (Lipinski definition) is 5. The van der Waals surface area contributed by atoms with Crippen LogP contribution in [0.4, 0.5) is 0 Å². The minimum Gasteiger partial charge on any atom is -0.456 e. The van der Waals surface area contributed by atoms with Crippen molar-refractivity contribution < 1.29 is 19.1 Å². The number of H-pyrrole nitrogens is 1. The van der Waals surface area contributed by atoms with Crippen LogP contribution in [0.15, 0.2) is 54.6 Å². The van der Waals surface area contributed by atoms with Crippen molar-refractivity contribution in [3.05, 3.63) is 71.4 Å². The molecule has 2 unspecified atom stereocenters. The van der Waals surface area contributed by atoms with E-state index in [0.29, 0.717) is 12.0 Å². The Hall–Kier alpha value is -3.45. The van der Waals surface area contributed by atoms with Gasteiger partial charge in [-0.25, -0.2) is 0 Å². The molecule has 0 aliphatic carbocycles. The first kappa shape index (κ1) is 19.8. The van der Waals surface area contributed by atoms with E-state index in [9.17, 15) is 14.4 Å². The Morgan fingerprint density at radius 2 is 1.80 bits per heavy atom. The number of nitrogens with two attached hydrogens (primary N) is 1. The fourth-order valence-electron chi connectivity index (χ4n) is 4.17. The van der Waals surface area contributed by atoms with Crippen LogP contribution in [0.5, 0.6) is 0 Å². The van der Waals surface area contributed by atoms with E-state index in [1.54, 1.807) is 24.3 Å². The monoisotopic (exact) mass is 405 g/mol. The average molecular weight is 405 g/mol.